The lowest BCUT2D eigenvalue weighted by molar-refractivity contribution is 0.0556. The van der Waals surface area contributed by atoms with Crippen LogP contribution in [0.25, 0.3) is 16.8 Å². The molecule has 40 heavy (non-hydrogen) atoms. The van der Waals surface area contributed by atoms with Crippen LogP contribution in [0.1, 0.15) is 76.9 Å². The Hall–Kier alpha value is -4.88. The van der Waals surface area contributed by atoms with Gasteiger partial charge in [0.2, 0.25) is 5.82 Å². The van der Waals surface area contributed by atoms with Gasteiger partial charge < -0.3 is 20.7 Å². The van der Waals surface area contributed by atoms with Crippen molar-refractivity contribution in [2.75, 3.05) is 12.3 Å². The third-order valence-corrected chi connectivity index (χ3v) is 8.16. The van der Waals surface area contributed by atoms with E-state index in [1.807, 2.05) is 17.0 Å². The van der Waals surface area contributed by atoms with Crippen LogP contribution in [0.4, 0.5) is 10.6 Å². The molecule has 3 aliphatic rings. The number of nitrogen functional groups attached to an aromatic ring is 1. The number of aromatic amines is 1. The molecule has 4 aromatic heterocycles. The monoisotopic (exact) mass is 542 g/mol. The summed E-state index contributed by atoms with van der Waals surface area (Å²) in [6, 6.07) is 3.41. The minimum absolute atomic E-state index is 0.00147. The van der Waals surface area contributed by atoms with Gasteiger partial charge >= 0.3 is 6.09 Å². The number of alkyl carbamates (subject to hydrolysis) is 1. The summed E-state index contributed by atoms with van der Waals surface area (Å²) >= 11 is 0. The minimum atomic E-state index is -0.464. The van der Waals surface area contributed by atoms with Crippen LogP contribution in [0.5, 0.6) is 0 Å². The van der Waals surface area contributed by atoms with Crippen LogP contribution in [0, 0.1) is 0 Å². The summed E-state index contributed by atoms with van der Waals surface area (Å²) in [4.78, 5) is 52.8. The second-order valence-electron chi connectivity index (χ2n) is 10.5. The molecule has 3 atom stereocenters. The van der Waals surface area contributed by atoms with Crippen molar-refractivity contribution in [2.45, 2.75) is 56.7 Å². The summed E-state index contributed by atoms with van der Waals surface area (Å²) in [5.41, 5.74) is 10.2. The van der Waals surface area contributed by atoms with Crippen molar-refractivity contribution < 1.29 is 19.1 Å². The fourth-order valence-corrected chi connectivity index (χ4v) is 6.37. The molecule has 3 saturated heterocycles. The standard InChI is InChI=1S/C26H26N10O4/c1-12(37)20-21(14-6-15-3-4-16(7-14)35(15)25(38)23-29-11-30-34-23)33-24-17(9-31-36(24)22(20)27)13-2-5-18(28-8-13)19-10-40-26(39)32-19/h2,5,8-9,11,14-16,19H,3-4,6-7,10,27H2,1H3,(H,32,39)(H,29,30,34). The molecule has 0 spiro atoms. The molecular weight excluding hydrogens is 516 g/mol. The maximum absolute atomic E-state index is 13.1. The van der Waals surface area contributed by atoms with E-state index in [4.69, 9.17) is 15.5 Å². The average molecular weight is 543 g/mol. The molecule has 14 nitrogen and oxygen atoms in total. The number of ketones is 1. The molecule has 4 aromatic rings. The van der Waals surface area contributed by atoms with E-state index in [2.05, 4.69) is 30.6 Å². The van der Waals surface area contributed by atoms with Crippen LogP contribution in [0.2, 0.25) is 0 Å². The molecule has 0 aromatic carbocycles. The molecule has 3 unspecified atom stereocenters. The van der Waals surface area contributed by atoms with Crippen molar-refractivity contribution in [3.63, 3.8) is 0 Å². The number of carbonyl (C=O) groups is 3. The lowest BCUT2D eigenvalue weighted by atomic mass is 9.85. The zero-order chi connectivity index (χ0) is 27.5. The number of cyclic esters (lactones) is 1. The fraction of sp³-hybridized carbons (Fsp3) is 0.385. The van der Waals surface area contributed by atoms with E-state index in [9.17, 15) is 14.4 Å². The Kier molecular flexibility index (Phi) is 5.50. The number of anilines is 1. The molecule has 14 heteroatoms. The zero-order valence-corrected chi connectivity index (χ0v) is 21.6. The highest BCUT2D eigenvalue weighted by atomic mass is 16.6. The SMILES string of the molecule is CC(=O)c1c(C2CC3CCC(C2)N3C(=O)c2ncn[nH]2)nc2c(-c3ccc(C4COC(=O)N4)nc3)cnn2c1N. The molecular formula is C26H26N10O4. The van der Waals surface area contributed by atoms with Crippen LogP contribution >= 0.6 is 0 Å². The molecule has 204 valence electrons. The third-order valence-electron chi connectivity index (χ3n) is 8.16. The molecule has 7 rings (SSSR count). The number of nitrogens with two attached hydrogens (primary N) is 1. The maximum atomic E-state index is 13.1. The van der Waals surface area contributed by atoms with Crippen LogP contribution in [-0.2, 0) is 4.74 Å². The van der Waals surface area contributed by atoms with Gasteiger partial charge in [0.15, 0.2) is 11.4 Å². The average Bonchev–Trinajstić information content (AvgIpc) is 3.75. The maximum Gasteiger partial charge on any atom is 0.407 e. The Morgan fingerprint density at radius 3 is 2.55 bits per heavy atom. The number of fused-ring (bicyclic) bond motifs is 3. The van der Waals surface area contributed by atoms with Crippen molar-refractivity contribution in [3.05, 3.63) is 53.6 Å². The van der Waals surface area contributed by atoms with E-state index in [0.29, 0.717) is 35.4 Å². The van der Waals surface area contributed by atoms with Crippen molar-refractivity contribution in [1.82, 2.24) is 45.0 Å². The highest BCUT2D eigenvalue weighted by Crippen LogP contribution is 2.45. The van der Waals surface area contributed by atoms with Gasteiger partial charge in [-0.25, -0.2) is 14.8 Å². The summed E-state index contributed by atoms with van der Waals surface area (Å²) < 4.78 is 6.46. The molecule has 0 radical (unpaired) electrons. The quantitative estimate of drug-likeness (QED) is 0.315. The second-order valence-corrected chi connectivity index (χ2v) is 10.5. The number of piperidine rings is 1. The lowest BCUT2D eigenvalue weighted by Crippen LogP contribution is -2.46. The number of nitrogens with zero attached hydrogens (tertiary/aromatic N) is 7. The van der Waals surface area contributed by atoms with Crippen molar-refractivity contribution >= 4 is 29.2 Å². The Morgan fingerprint density at radius 1 is 1.12 bits per heavy atom. The van der Waals surface area contributed by atoms with Crippen LogP contribution < -0.4 is 11.1 Å². The Labute approximate surface area is 227 Å². The molecule has 3 aliphatic heterocycles. The Bertz CT molecular complexity index is 1630. The van der Waals surface area contributed by atoms with Gasteiger partial charge in [0, 0.05) is 35.3 Å². The Balaban J connectivity index is 1.24. The molecule has 3 fully saturated rings. The number of amides is 2. The van der Waals surface area contributed by atoms with Crippen molar-refractivity contribution in [1.29, 1.82) is 0 Å². The molecule has 2 amide bonds. The normalized spacial score (nSPS) is 23.8. The van der Waals surface area contributed by atoms with Gasteiger partial charge in [-0.3, -0.25) is 19.7 Å². The van der Waals surface area contributed by atoms with Gasteiger partial charge in [-0.15, -0.1) is 0 Å². The number of rotatable bonds is 5. The summed E-state index contributed by atoms with van der Waals surface area (Å²) in [7, 11) is 0. The molecule has 2 bridgehead atoms. The molecule has 0 saturated carbocycles. The summed E-state index contributed by atoms with van der Waals surface area (Å²) in [6.07, 6.45) is 7.28. The van der Waals surface area contributed by atoms with Crippen molar-refractivity contribution in [3.8, 4) is 11.1 Å². The number of carbonyl (C=O) groups excluding carboxylic acids is 3. The Morgan fingerprint density at radius 2 is 1.93 bits per heavy atom. The number of pyridine rings is 1. The molecule has 4 N–H and O–H groups in total. The van der Waals surface area contributed by atoms with Gasteiger partial charge in [-0.2, -0.15) is 14.7 Å². The van der Waals surface area contributed by atoms with E-state index in [1.165, 1.54) is 17.8 Å². The minimum Gasteiger partial charge on any atom is -0.447 e. The highest BCUT2D eigenvalue weighted by molar-refractivity contribution is 6.00. The van der Waals surface area contributed by atoms with E-state index < -0.39 is 6.09 Å². The van der Waals surface area contributed by atoms with Crippen molar-refractivity contribution in [2.24, 2.45) is 0 Å². The first-order valence-corrected chi connectivity index (χ1v) is 13.1. The first-order chi connectivity index (χ1) is 19.4. The number of Topliss-reactive ketones (excluding diaryl/α,β-unsaturated/α-hetero) is 1. The van der Waals surface area contributed by atoms with E-state index in [0.717, 1.165) is 24.0 Å². The number of nitrogens with one attached hydrogen (secondary N) is 2. The zero-order valence-electron chi connectivity index (χ0n) is 21.6. The van der Waals surface area contributed by atoms with Gasteiger partial charge in [0.1, 0.15) is 24.8 Å². The summed E-state index contributed by atoms with van der Waals surface area (Å²) in [5.74, 6) is 0.0718. The number of H-pyrrole nitrogens is 1. The fourth-order valence-electron chi connectivity index (χ4n) is 6.37. The van der Waals surface area contributed by atoms with E-state index >= 15 is 0 Å². The van der Waals surface area contributed by atoms with Gasteiger partial charge in [-0.05, 0) is 38.7 Å². The van der Waals surface area contributed by atoms with Gasteiger partial charge in [0.25, 0.3) is 5.91 Å². The van der Waals surface area contributed by atoms with Crippen LogP contribution in [-0.4, -0.2) is 76.1 Å². The predicted molar refractivity (Wildman–Crippen MR) is 139 cm³/mol. The second kappa shape index (κ2) is 9.10. The predicted octanol–water partition coefficient (Wildman–Crippen LogP) is 2.03. The molecule has 0 aliphatic carbocycles. The van der Waals surface area contributed by atoms with Crippen LogP contribution in [0.15, 0.2) is 30.9 Å². The van der Waals surface area contributed by atoms with Crippen LogP contribution in [0.3, 0.4) is 0 Å². The number of hydrogen-bond donors (Lipinski definition) is 3. The summed E-state index contributed by atoms with van der Waals surface area (Å²) in [6.45, 7) is 1.71. The van der Waals surface area contributed by atoms with E-state index in [1.54, 1.807) is 12.4 Å². The first-order valence-electron chi connectivity index (χ1n) is 13.1. The highest BCUT2D eigenvalue weighted by Gasteiger charge is 2.45. The number of ether oxygens (including phenoxy) is 1. The van der Waals surface area contributed by atoms with Gasteiger partial charge in [0.05, 0.1) is 23.1 Å². The molecule has 7 heterocycles. The van der Waals surface area contributed by atoms with Gasteiger partial charge in [-0.1, -0.05) is 6.07 Å². The number of aromatic nitrogens is 7. The lowest BCUT2D eigenvalue weighted by Gasteiger charge is -2.38. The first kappa shape index (κ1) is 24.2. The largest absolute Gasteiger partial charge is 0.447 e. The summed E-state index contributed by atoms with van der Waals surface area (Å²) in [5, 5.41) is 13.7. The van der Waals surface area contributed by atoms with E-state index in [-0.39, 0.29) is 54.0 Å². The smallest absolute Gasteiger partial charge is 0.407 e. The number of hydrogen-bond acceptors (Lipinski definition) is 10. The third kappa shape index (κ3) is 3.78. The topological polar surface area (TPSA) is 186 Å².